The van der Waals surface area contributed by atoms with Crippen LogP contribution < -0.4 is 10.1 Å². The van der Waals surface area contributed by atoms with Gasteiger partial charge in [0.05, 0.1) is 23.8 Å². The molecule has 33 heavy (non-hydrogen) atoms. The second kappa shape index (κ2) is 9.05. The zero-order valence-corrected chi connectivity index (χ0v) is 17.1. The first-order valence-electron chi connectivity index (χ1n) is 10.2. The lowest BCUT2D eigenvalue weighted by Gasteiger charge is -2.15. The molecule has 0 radical (unpaired) electrons. The van der Waals surface area contributed by atoms with Gasteiger partial charge >= 0.3 is 12.4 Å². The lowest BCUT2D eigenvalue weighted by atomic mass is 10.1. The van der Waals surface area contributed by atoms with Crippen molar-refractivity contribution in [1.29, 1.82) is 0 Å². The molecule has 1 aliphatic rings. The van der Waals surface area contributed by atoms with Crippen LogP contribution in [0.15, 0.2) is 47.0 Å². The van der Waals surface area contributed by atoms with Crippen LogP contribution >= 0.6 is 0 Å². The van der Waals surface area contributed by atoms with Crippen molar-refractivity contribution in [3.8, 4) is 17.1 Å². The molecule has 0 amide bonds. The van der Waals surface area contributed by atoms with Crippen LogP contribution in [0.1, 0.15) is 41.5 Å². The van der Waals surface area contributed by atoms with Gasteiger partial charge < -0.3 is 14.6 Å². The number of hydrogen-bond donors (Lipinski definition) is 1. The summed E-state index contributed by atoms with van der Waals surface area (Å²) in [6.07, 6.45) is -7.26. The maximum Gasteiger partial charge on any atom is 0.419 e. The van der Waals surface area contributed by atoms with Crippen LogP contribution in [0, 0.1) is 0 Å². The molecular formula is C22H19F6N3O2. The summed E-state index contributed by atoms with van der Waals surface area (Å²) in [5, 5.41) is 6.97. The van der Waals surface area contributed by atoms with Crippen molar-refractivity contribution in [1.82, 2.24) is 15.5 Å². The van der Waals surface area contributed by atoms with Crippen molar-refractivity contribution in [2.45, 2.75) is 37.7 Å². The molecule has 0 saturated carbocycles. The minimum atomic E-state index is -4.70. The minimum absolute atomic E-state index is 0.0421. The Morgan fingerprint density at radius 1 is 1.00 bits per heavy atom. The molecule has 0 spiro atoms. The van der Waals surface area contributed by atoms with Gasteiger partial charge in [-0.3, -0.25) is 0 Å². The Bertz CT molecular complexity index is 1090. The van der Waals surface area contributed by atoms with E-state index in [0.29, 0.717) is 11.5 Å². The fourth-order valence-electron chi connectivity index (χ4n) is 3.55. The standard InChI is InChI=1S/C22H19F6N3O2/c23-21(24,25)15-6-3-13(4-7-15)9-11-32-18-8-5-14(12-16(18)22(26,27)28)19-30-20(33-31-19)17-2-1-10-29-17/h3-8,12,17,29H,1-2,9-11H2/t17-/m0/s1. The zero-order valence-electron chi connectivity index (χ0n) is 17.1. The average molecular weight is 471 g/mol. The van der Waals surface area contributed by atoms with Crippen LogP contribution in [0.4, 0.5) is 26.3 Å². The van der Waals surface area contributed by atoms with Crippen molar-refractivity contribution >= 4 is 0 Å². The number of alkyl halides is 6. The third-order valence-electron chi connectivity index (χ3n) is 5.27. The SMILES string of the molecule is FC(F)(F)c1ccc(CCOc2ccc(-c3noc([C@@H]4CCCN4)n3)cc2C(F)(F)F)cc1. The van der Waals surface area contributed by atoms with E-state index in [1.807, 2.05) is 0 Å². The van der Waals surface area contributed by atoms with Gasteiger partial charge in [-0.1, -0.05) is 17.3 Å². The monoisotopic (exact) mass is 471 g/mol. The molecule has 176 valence electrons. The number of aromatic nitrogens is 2. The Labute approximate surface area is 184 Å². The zero-order chi connectivity index (χ0) is 23.6. The van der Waals surface area contributed by atoms with Crippen LogP contribution in [0.25, 0.3) is 11.4 Å². The summed E-state index contributed by atoms with van der Waals surface area (Å²) in [7, 11) is 0. The summed E-state index contributed by atoms with van der Waals surface area (Å²) in [5.41, 5.74) is -1.16. The Morgan fingerprint density at radius 2 is 1.76 bits per heavy atom. The van der Waals surface area contributed by atoms with Gasteiger partial charge in [0.2, 0.25) is 11.7 Å². The molecule has 2 aromatic carbocycles. The molecule has 1 aliphatic heterocycles. The lowest BCUT2D eigenvalue weighted by Crippen LogP contribution is -2.13. The molecule has 0 bridgehead atoms. The maximum atomic E-state index is 13.6. The Balaban J connectivity index is 1.47. The molecule has 1 atom stereocenters. The first-order valence-corrected chi connectivity index (χ1v) is 10.2. The smallest absolute Gasteiger partial charge is 0.419 e. The molecule has 5 nitrogen and oxygen atoms in total. The summed E-state index contributed by atoms with van der Waals surface area (Å²) in [6.45, 7) is 0.659. The van der Waals surface area contributed by atoms with Crippen molar-refractivity contribution in [3.63, 3.8) is 0 Å². The first kappa shape index (κ1) is 23.1. The predicted octanol–water partition coefficient (Wildman–Crippen LogP) is 5.82. The van der Waals surface area contributed by atoms with Crippen LogP contribution in [-0.4, -0.2) is 23.3 Å². The fraction of sp³-hybridized carbons (Fsp3) is 0.364. The largest absolute Gasteiger partial charge is 0.493 e. The van der Waals surface area contributed by atoms with Gasteiger partial charge in [-0.2, -0.15) is 31.3 Å². The molecule has 1 aromatic heterocycles. The molecule has 11 heteroatoms. The molecule has 0 unspecified atom stereocenters. The Morgan fingerprint density at radius 3 is 2.39 bits per heavy atom. The van der Waals surface area contributed by atoms with Gasteiger partial charge in [0.1, 0.15) is 5.75 Å². The van der Waals surface area contributed by atoms with E-state index < -0.39 is 23.5 Å². The maximum absolute atomic E-state index is 13.6. The van der Waals surface area contributed by atoms with E-state index in [1.165, 1.54) is 24.3 Å². The number of ether oxygens (including phenoxy) is 1. The van der Waals surface area contributed by atoms with E-state index in [4.69, 9.17) is 9.26 Å². The molecular weight excluding hydrogens is 452 g/mol. The third-order valence-corrected chi connectivity index (χ3v) is 5.27. The van der Waals surface area contributed by atoms with Gasteiger partial charge in [-0.05, 0) is 55.3 Å². The van der Waals surface area contributed by atoms with Crippen molar-refractivity contribution in [2.24, 2.45) is 0 Å². The highest BCUT2D eigenvalue weighted by molar-refractivity contribution is 5.59. The highest BCUT2D eigenvalue weighted by Gasteiger charge is 2.35. The van der Waals surface area contributed by atoms with E-state index in [1.54, 1.807) is 0 Å². The van der Waals surface area contributed by atoms with Gasteiger partial charge in [-0.15, -0.1) is 0 Å². The second-order valence-electron chi connectivity index (χ2n) is 7.61. The molecule has 3 aromatic rings. The lowest BCUT2D eigenvalue weighted by molar-refractivity contribution is -0.139. The molecule has 4 rings (SSSR count). The van der Waals surface area contributed by atoms with E-state index in [0.717, 1.165) is 37.6 Å². The van der Waals surface area contributed by atoms with Crippen LogP contribution in [0.2, 0.25) is 0 Å². The predicted molar refractivity (Wildman–Crippen MR) is 105 cm³/mol. The van der Waals surface area contributed by atoms with E-state index in [-0.39, 0.29) is 36.2 Å². The number of nitrogens with zero attached hydrogens (tertiary/aromatic N) is 2. The topological polar surface area (TPSA) is 60.2 Å². The normalized spacial score (nSPS) is 16.8. The summed E-state index contributed by atoms with van der Waals surface area (Å²) in [6, 6.07) is 7.75. The average Bonchev–Trinajstić information content (AvgIpc) is 3.45. The highest BCUT2D eigenvalue weighted by atomic mass is 19.4. The minimum Gasteiger partial charge on any atom is -0.493 e. The molecule has 1 saturated heterocycles. The third kappa shape index (κ3) is 5.47. The van der Waals surface area contributed by atoms with Gasteiger partial charge in [0, 0.05) is 12.0 Å². The van der Waals surface area contributed by atoms with Crippen LogP contribution in [0.5, 0.6) is 5.75 Å². The summed E-state index contributed by atoms with van der Waals surface area (Å²) < 4.78 is 89.3. The molecule has 1 fully saturated rings. The summed E-state index contributed by atoms with van der Waals surface area (Å²) in [5.74, 6) is -0.0206. The van der Waals surface area contributed by atoms with Crippen LogP contribution in [-0.2, 0) is 18.8 Å². The summed E-state index contributed by atoms with van der Waals surface area (Å²) in [4.78, 5) is 4.21. The fourth-order valence-corrected chi connectivity index (χ4v) is 3.55. The second-order valence-corrected chi connectivity index (χ2v) is 7.61. The van der Waals surface area contributed by atoms with Crippen molar-refractivity contribution in [3.05, 3.63) is 65.0 Å². The molecule has 1 N–H and O–H groups in total. The highest BCUT2D eigenvalue weighted by Crippen LogP contribution is 2.39. The van der Waals surface area contributed by atoms with Gasteiger partial charge in [-0.25, -0.2) is 0 Å². The number of nitrogens with one attached hydrogen (secondary N) is 1. The van der Waals surface area contributed by atoms with E-state index in [9.17, 15) is 26.3 Å². The summed E-state index contributed by atoms with van der Waals surface area (Å²) >= 11 is 0. The Hall–Kier alpha value is -3.08. The molecule has 0 aliphatic carbocycles. The number of rotatable bonds is 6. The quantitative estimate of drug-likeness (QED) is 0.459. The molecule has 2 heterocycles. The van der Waals surface area contributed by atoms with Gasteiger partial charge in [0.25, 0.3) is 0 Å². The van der Waals surface area contributed by atoms with E-state index >= 15 is 0 Å². The van der Waals surface area contributed by atoms with Crippen molar-refractivity contribution in [2.75, 3.05) is 13.2 Å². The van der Waals surface area contributed by atoms with Crippen LogP contribution in [0.3, 0.4) is 0 Å². The number of benzene rings is 2. The Kier molecular flexibility index (Phi) is 6.33. The number of hydrogen-bond acceptors (Lipinski definition) is 5. The first-order chi connectivity index (χ1) is 15.6. The number of halogens is 6. The van der Waals surface area contributed by atoms with E-state index in [2.05, 4.69) is 15.5 Å². The van der Waals surface area contributed by atoms with Gasteiger partial charge in [0.15, 0.2) is 0 Å². The van der Waals surface area contributed by atoms with Crippen molar-refractivity contribution < 1.29 is 35.6 Å².